The van der Waals surface area contributed by atoms with E-state index in [0.29, 0.717) is 23.8 Å². The second kappa shape index (κ2) is 9.39. The van der Waals surface area contributed by atoms with Crippen LogP contribution in [0, 0.1) is 6.92 Å². The number of guanidine groups is 1. The number of nitrogens with one attached hydrogen (secondary N) is 2. The van der Waals surface area contributed by atoms with E-state index in [0.717, 1.165) is 38.6 Å². The van der Waals surface area contributed by atoms with Gasteiger partial charge in [0.1, 0.15) is 17.1 Å². The zero-order chi connectivity index (χ0) is 19.2. The van der Waals surface area contributed by atoms with Crippen molar-refractivity contribution in [3.63, 3.8) is 0 Å². The molecule has 1 fully saturated rings. The number of aliphatic hydroxyl groups is 1. The van der Waals surface area contributed by atoms with Gasteiger partial charge in [-0.1, -0.05) is 0 Å². The van der Waals surface area contributed by atoms with Crippen molar-refractivity contribution >= 4 is 5.96 Å². The molecule has 7 nitrogen and oxygen atoms in total. The average Bonchev–Trinajstić information content (AvgIpc) is 3.05. The van der Waals surface area contributed by atoms with Crippen LogP contribution in [0.5, 0.6) is 0 Å². The predicted octanol–water partition coefficient (Wildman–Crippen LogP) is 1.46. The van der Waals surface area contributed by atoms with Gasteiger partial charge in [-0.05, 0) is 46.8 Å². The number of furan rings is 1. The summed E-state index contributed by atoms with van der Waals surface area (Å²) in [4.78, 5) is 6.99. The first-order valence-electron chi connectivity index (χ1n) is 9.48. The SMILES string of the molecule is CCNC(=NCC(C)(O)c1ccc(C)o1)NCC(C)N1CCOCC1C. The number of morpholine rings is 1. The number of hydrogen-bond donors (Lipinski definition) is 3. The van der Waals surface area contributed by atoms with Gasteiger partial charge in [0.2, 0.25) is 0 Å². The van der Waals surface area contributed by atoms with Crippen LogP contribution in [0.2, 0.25) is 0 Å². The lowest BCUT2D eigenvalue weighted by atomic mass is 10.0. The molecule has 0 spiro atoms. The van der Waals surface area contributed by atoms with E-state index in [-0.39, 0.29) is 6.54 Å². The Morgan fingerprint density at radius 3 is 2.85 bits per heavy atom. The van der Waals surface area contributed by atoms with Crippen molar-refractivity contribution < 1.29 is 14.3 Å². The summed E-state index contributed by atoms with van der Waals surface area (Å²) in [6.07, 6.45) is 0. The third-order valence-electron chi connectivity index (χ3n) is 4.71. The van der Waals surface area contributed by atoms with Crippen LogP contribution in [0.3, 0.4) is 0 Å². The Morgan fingerprint density at radius 2 is 2.23 bits per heavy atom. The minimum atomic E-state index is -1.14. The molecule has 0 bridgehead atoms. The van der Waals surface area contributed by atoms with Gasteiger partial charge in [0, 0.05) is 31.7 Å². The highest BCUT2D eigenvalue weighted by molar-refractivity contribution is 5.79. The smallest absolute Gasteiger partial charge is 0.191 e. The van der Waals surface area contributed by atoms with E-state index in [1.165, 1.54) is 0 Å². The molecule has 3 unspecified atom stereocenters. The summed E-state index contributed by atoms with van der Waals surface area (Å²) in [5, 5.41) is 17.3. The van der Waals surface area contributed by atoms with E-state index in [2.05, 4.69) is 34.4 Å². The Labute approximate surface area is 156 Å². The van der Waals surface area contributed by atoms with E-state index < -0.39 is 5.60 Å². The summed E-state index contributed by atoms with van der Waals surface area (Å²) in [6, 6.07) is 4.43. The Balaban J connectivity index is 1.93. The summed E-state index contributed by atoms with van der Waals surface area (Å²) >= 11 is 0. The van der Waals surface area contributed by atoms with Gasteiger partial charge < -0.3 is 24.9 Å². The lowest BCUT2D eigenvalue weighted by Crippen LogP contribution is -2.53. The molecule has 0 aromatic carbocycles. The molecule has 0 radical (unpaired) electrons. The molecule has 2 heterocycles. The number of aliphatic imine (C=N–C) groups is 1. The molecule has 1 aromatic rings. The fourth-order valence-corrected chi connectivity index (χ4v) is 3.13. The fourth-order valence-electron chi connectivity index (χ4n) is 3.13. The van der Waals surface area contributed by atoms with Crippen molar-refractivity contribution in [3.05, 3.63) is 23.7 Å². The topological polar surface area (TPSA) is 82.3 Å². The van der Waals surface area contributed by atoms with Crippen LogP contribution in [0.1, 0.15) is 39.2 Å². The number of nitrogens with zero attached hydrogens (tertiary/aromatic N) is 2. The van der Waals surface area contributed by atoms with Crippen molar-refractivity contribution in [1.29, 1.82) is 0 Å². The molecule has 0 amide bonds. The molecule has 3 N–H and O–H groups in total. The van der Waals surface area contributed by atoms with Gasteiger partial charge >= 0.3 is 0 Å². The zero-order valence-electron chi connectivity index (χ0n) is 16.7. The van der Waals surface area contributed by atoms with Gasteiger partial charge in [-0.3, -0.25) is 4.90 Å². The normalized spacial score (nSPS) is 22.7. The molecule has 26 heavy (non-hydrogen) atoms. The molecule has 1 aromatic heterocycles. The highest BCUT2D eigenvalue weighted by atomic mass is 16.5. The Morgan fingerprint density at radius 1 is 1.46 bits per heavy atom. The maximum Gasteiger partial charge on any atom is 0.191 e. The van der Waals surface area contributed by atoms with Crippen LogP contribution in [0.15, 0.2) is 21.5 Å². The Hall–Kier alpha value is -1.57. The van der Waals surface area contributed by atoms with Crippen LogP contribution in [0.25, 0.3) is 0 Å². The van der Waals surface area contributed by atoms with Crippen LogP contribution in [-0.4, -0.2) is 67.4 Å². The molecule has 148 valence electrons. The molecular weight excluding hydrogens is 332 g/mol. The van der Waals surface area contributed by atoms with Gasteiger partial charge in [-0.25, -0.2) is 4.99 Å². The number of ether oxygens (including phenoxy) is 1. The van der Waals surface area contributed by atoms with E-state index in [9.17, 15) is 5.11 Å². The summed E-state index contributed by atoms with van der Waals surface area (Å²) < 4.78 is 11.1. The van der Waals surface area contributed by atoms with Crippen LogP contribution in [0.4, 0.5) is 0 Å². The molecule has 3 atom stereocenters. The molecule has 1 aliphatic heterocycles. The monoisotopic (exact) mass is 366 g/mol. The van der Waals surface area contributed by atoms with E-state index in [1.54, 1.807) is 13.0 Å². The first-order chi connectivity index (χ1) is 12.3. The van der Waals surface area contributed by atoms with Gasteiger partial charge in [-0.15, -0.1) is 0 Å². The lowest BCUT2D eigenvalue weighted by Gasteiger charge is -2.38. The average molecular weight is 367 g/mol. The quantitative estimate of drug-likeness (QED) is 0.501. The lowest BCUT2D eigenvalue weighted by molar-refractivity contribution is -0.0174. The van der Waals surface area contributed by atoms with Crippen LogP contribution < -0.4 is 10.6 Å². The van der Waals surface area contributed by atoms with E-state index in [1.807, 2.05) is 19.9 Å². The minimum absolute atomic E-state index is 0.220. The first kappa shape index (κ1) is 20.7. The maximum absolute atomic E-state index is 10.7. The van der Waals surface area contributed by atoms with Gasteiger partial charge in [0.05, 0.1) is 19.8 Å². The zero-order valence-corrected chi connectivity index (χ0v) is 16.7. The molecule has 1 aliphatic rings. The summed E-state index contributed by atoms with van der Waals surface area (Å²) in [6.45, 7) is 14.3. The number of aryl methyl sites for hydroxylation is 1. The molecule has 1 saturated heterocycles. The molecule has 0 aliphatic carbocycles. The second-order valence-electron chi connectivity index (χ2n) is 7.27. The van der Waals surface area contributed by atoms with E-state index >= 15 is 0 Å². The van der Waals surface area contributed by atoms with Crippen molar-refractivity contribution in [3.8, 4) is 0 Å². The van der Waals surface area contributed by atoms with Crippen LogP contribution >= 0.6 is 0 Å². The Bertz CT molecular complexity index is 585. The van der Waals surface area contributed by atoms with E-state index in [4.69, 9.17) is 9.15 Å². The summed E-state index contributed by atoms with van der Waals surface area (Å²) in [5.41, 5.74) is -1.14. The molecule has 0 saturated carbocycles. The molecule has 7 heteroatoms. The standard InChI is InChI=1S/C19H34N4O3/c1-6-20-18(21-11-14(2)23-9-10-25-12-15(23)3)22-13-19(5,24)17-8-7-16(4)26-17/h7-8,14-15,24H,6,9-13H2,1-5H3,(H2,20,21,22). The highest BCUT2D eigenvalue weighted by Crippen LogP contribution is 2.23. The largest absolute Gasteiger partial charge is 0.463 e. The molecule has 2 rings (SSSR count). The van der Waals surface area contributed by atoms with Gasteiger partial charge in [-0.2, -0.15) is 0 Å². The maximum atomic E-state index is 10.7. The van der Waals surface area contributed by atoms with Crippen molar-refractivity contribution in [1.82, 2.24) is 15.5 Å². The fraction of sp³-hybridized carbons (Fsp3) is 0.737. The molecular formula is C19H34N4O3. The summed E-state index contributed by atoms with van der Waals surface area (Å²) in [7, 11) is 0. The van der Waals surface area contributed by atoms with Crippen LogP contribution in [-0.2, 0) is 10.3 Å². The van der Waals surface area contributed by atoms with Gasteiger partial charge in [0.25, 0.3) is 0 Å². The van der Waals surface area contributed by atoms with Gasteiger partial charge in [0.15, 0.2) is 5.96 Å². The first-order valence-corrected chi connectivity index (χ1v) is 9.48. The second-order valence-corrected chi connectivity index (χ2v) is 7.27. The van der Waals surface area contributed by atoms with Crippen molar-refractivity contribution in [2.45, 2.75) is 52.3 Å². The third kappa shape index (κ3) is 5.72. The number of rotatable bonds is 7. The minimum Gasteiger partial charge on any atom is -0.463 e. The van der Waals surface area contributed by atoms with Crippen molar-refractivity contribution in [2.24, 2.45) is 4.99 Å². The summed E-state index contributed by atoms with van der Waals surface area (Å²) in [5.74, 6) is 2.01. The van der Waals surface area contributed by atoms with Crippen molar-refractivity contribution in [2.75, 3.05) is 39.4 Å². The number of hydrogen-bond acceptors (Lipinski definition) is 5. The predicted molar refractivity (Wildman–Crippen MR) is 103 cm³/mol. The Kier molecular flexibility index (Phi) is 7.49. The highest BCUT2D eigenvalue weighted by Gasteiger charge is 2.27. The third-order valence-corrected chi connectivity index (χ3v) is 4.71.